The second-order valence-electron chi connectivity index (χ2n) is 4.92. The molecule has 0 bridgehead atoms. The standard InChI is InChI=1S/C15H15ClN2O6/c1-24-15(23)10-7-18(4-5-19)13(20)12(10)17-11-3-2-8(16)6-9(11)14(21)22/h2-3,6,17,19H,4-5,7H2,1H3,(H,21,22). The number of hydrogen-bond donors (Lipinski definition) is 3. The number of ether oxygens (including phenoxy) is 1. The molecule has 1 aliphatic heterocycles. The number of β-amino-alcohol motifs (C(OH)–C–C–N with tert-alkyl or cyclic N) is 1. The number of carbonyl (C=O) groups excluding carboxylic acids is 2. The molecule has 0 aromatic heterocycles. The Morgan fingerprint density at radius 1 is 1.42 bits per heavy atom. The molecular formula is C15H15ClN2O6. The van der Waals surface area contributed by atoms with Gasteiger partial charge in [-0.15, -0.1) is 0 Å². The van der Waals surface area contributed by atoms with Crippen LogP contribution in [0.3, 0.4) is 0 Å². The number of aliphatic hydroxyl groups is 1. The van der Waals surface area contributed by atoms with E-state index in [0.29, 0.717) is 0 Å². The van der Waals surface area contributed by atoms with E-state index < -0.39 is 17.8 Å². The van der Waals surface area contributed by atoms with Gasteiger partial charge in [-0.1, -0.05) is 11.6 Å². The van der Waals surface area contributed by atoms with E-state index in [1.807, 2.05) is 0 Å². The maximum absolute atomic E-state index is 12.4. The van der Waals surface area contributed by atoms with Crippen molar-refractivity contribution in [2.75, 3.05) is 32.1 Å². The number of amides is 1. The van der Waals surface area contributed by atoms with Crippen LogP contribution in [0.5, 0.6) is 0 Å². The average Bonchev–Trinajstić information content (AvgIpc) is 2.85. The van der Waals surface area contributed by atoms with Crippen molar-refractivity contribution in [3.63, 3.8) is 0 Å². The van der Waals surface area contributed by atoms with Crippen LogP contribution in [0.25, 0.3) is 0 Å². The third-order valence-electron chi connectivity index (χ3n) is 3.43. The molecule has 3 N–H and O–H groups in total. The van der Waals surface area contributed by atoms with Crippen molar-refractivity contribution < 1.29 is 29.3 Å². The summed E-state index contributed by atoms with van der Waals surface area (Å²) in [6, 6.07) is 4.09. The molecule has 2 rings (SSSR count). The van der Waals surface area contributed by atoms with E-state index >= 15 is 0 Å². The number of halogens is 1. The van der Waals surface area contributed by atoms with Crippen LogP contribution in [0.1, 0.15) is 10.4 Å². The van der Waals surface area contributed by atoms with E-state index in [1.54, 1.807) is 0 Å². The number of esters is 1. The summed E-state index contributed by atoms with van der Waals surface area (Å²) in [5.41, 5.74) is -0.0579. The Kier molecular flexibility index (Phi) is 5.42. The Hall–Kier alpha value is -2.58. The van der Waals surface area contributed by atoms with Crippen molar-refractivity contribution in [1.82, 2.24) is 4.90 Å². The van der Waals surface area contributed by atoms with Crippen molar-refractivity contribution in [3.05, 3.63) is 40.1 Å². The second kappa shape index (κ2) is 7.33. The zero-order valence-electron chi connectivity index (χ0n) is 12.7. The van der Waals surface area contributed by atoms with Crippen LogP contribution in [-0.2, 0) is 14.3 Å². The van der Waals surface area contributed by atoms with Gasteiger partial charge < -0.3 is 25.2 Å². The number of rotatable bonds is 6. The molecule has 0 saturated heterocycles. The van der Waals surface area contributed by atoms with Crippen molar-refractivity contribution in [1.29, 1.82) is 0 Å². The van der Waals surface area contributed by atoms with Gasteiger partial charge in [0, 0.05) is 11.6 Å². The molecular weight excluding hydrogens is 340 g/mol. The van der Waals surface area contributed by atoms with E-state index in [9.17, 15) is 19.5 Å². The number of aliphatic hydroxyl groups excluding tert-OH is 1. The van der Waals surface area contributed by atoms with Gasteiger partial charge in [-0.25, -0.2) is 9.59 Å². The van der Waals surface area contributed by atoms with E-state index in [-0.39, 0.29) is 47.2 Å². The van der Waals surface area contributed by atoms with Gasteiger partial charge in [0.15, 0.2) is 0 Å². The predicted octanol–water partition coefficient (Wildman–Crippen LogP) is 0.712. The maximum Gasteiger partial charge on any atom is 0.337 e. The lowest BCUT2D eigenvalue weighted by Gasteiger charge is -2.15. The van der Waals surface area contributed by atoms with Crippen LogP contribution in [0.2, 0.25) is 5.02 Å². The van der Waals surface area contributed by atoms with Gasteiger partial charge in [0.1, 0.15) is 5.70 Å². The third kappa shape index (κ3) is 3.50. The van der Waals surface area contributed by atoms with E-state index in [0.717, 1.165) is 0 Å². The number of nitrogens with one attached hydrogen (secondary N) is 1. The highest BCUT2D eigenvalue weighted by molar-refractivity contribution is 6.31. The molecule has 128 valence electrons. The molecule has 1 heterocycles. The summed E-state index contributed by atoms with van der Waals surface area (Å²) in [6.45, 7) is -0.268. The first-order valence-corrected chi connectivity index (χ1v) is 7.28. The first kappa shape index (κ1) is 17.8. The first-order valence-electron chi connectivity index (χ1n) is 6.90. The van der Waals surface area contributed by atoms with Gasteiger partial charge in [-0.05, 0) is 18.2 Å². The number of anilines is 1. The van der Waals surface area contributed by atoms with Gasteiger partial charge in [-0.2, -0.15) is 0 Å². The van der Waals surface area contributed by atoms with Crippen LogP contribution in [0.4, 0.5) is 5.69 Å². The van der Waals surface area contributed by atoms with Gasteiger partial charge in [0.2, 0.25) is 0 Å². The van der Waals surface area contributed by atoms with E-state index in [2.05, 4.69) is 10.1 Å². The minimum absolute atomic E-state index is 0.0373. The Balaban J connectivity index is 2.43. The second-order valence-corrected chi connectivity index (χ2v) is 5.35. The molecule has 0 saturated carbocycles. The number of benzene rings is 1. The SMILES string of the molecule is COC(=O)C1=C(Nc2ccc(Cl)cc2C(=O)O)C(=O)N(CCO)C1. The Bertz CT molecular complexity index is 731. The minimum atomic E-state index is -1.24. The summed E-state index contributed by atoms with van der Waals surface area (Å²) in [4.78, 5) is 36.9. The molecule has 0 atom stereocenters. The van der Waals surface area contributed by atoms with Crippen molar-refractivity contribution in [2.24, 2.45) is 0 Å². The van der Waals surface area contributed by atoms with Crippen LogP contribution in [0.15, 0.2) is 29.5 Å². The molecule has 1 aliphatic rings. The minimum Gasteiger partial charge on any atom is -0.478 e. The van der Waals surface area contributed by atoms with Gasteiger partial charge in [-0.3, -0.25) is 4.79 Å². The molecule has 24 heavy (non-hydrogen) atoms. The molecule has 1 aromatic carbocycles. The Morgan fingerprint density at radius 2 is 2.12 bits per heavy atom. The monoisotopic (exact) mass is 354 g/mol. The van der Waals surface area contributed by atoms with E-state index in [4.69, 9.17) is 16.7 Å². The molecule has 1 amide bonds. The summed E-state index contributed by atoms with van der Waals surface area (Å²) in [5, 5.41) is 21.2. The largest absolute Gasteiger partial charge is 0.478 e. The zero-order valence-corrected chi connectivity index (χ0v) is 13.5. The quantitative estimate of drug-likeness (QED) is 0.644. The fourth-order valence-electron chi connectivity index (χ4n) is 2.29. The Morgan fingerprint density at radius 3 is 2.71 bits per heavy atom. The highest BCUT2D eigenvalue weighted by Crippen LogP contribution is 2.26. The average molecular weight is 355 g/mol. The van der Waals surface area contributed by atoms with Gasteiger partial charge >= 0.3 is 11.9 Å². The van der Waals surface area contributed by atoms with Crippen molar-refractivity contribution in [3.8, 4) is 0 Å². The summed E-state index contributed by atoms with van der Waals surface area (Å²) >= 11 is 5.79. The normalized spacial score (nSPS) is 14.1. The summed E-state index contributed by atoms with van der Waals surface area (Å²) in [7, 11) is 1.18. The fraction of sp³-hybridized carbons (Fsp3) is 0.267. The first-order chi connectivity index (χ1) is 11.4. The molecule has 8 nitrogen and oxygen atoms in total. The number of carboxylic acids is 1. The molecule has 0 radical (unpaired) electrons. The fourth-order valence-corrected chi connectivity index (χ4v) is 2.46. The van der Waals surface area contributed by atoms with Gasteiger partial charge in [0.05, 0.1) is 37.1 Å². The van der Waals surface area contributed by atoms with Crippen LogP contribution in [-0.4, -0.2) is 59.8 Å². The lowest BCUT2D eigenvalue weighted by Crippen LogP contribution is -2.31. The van der Waals surface area contributed by atoms with Gasteiger partial charge in [0.25, 0.3) is 5.91 Å². The molecule has 1 aromatic rings. The number of carbonyl (C=O) groups is 3. The number of methoxy groups -OCH3 is 1. The zero-order chi connectivity index (χ0) is 17.9. The molecule has 9 heteroatoms. The lowest BCUT2D eigenvalue weighted by atomic mass is 10.1. The van der Waals surface area contributed by atoms with Crippen LogP contribution < -0.4 is 5.32 Å². The predicted molar refractivity (Wildman–Crippen MR) is 84.7 cm³/mol. The molecule has 0 unspecified atom stereocenters. The lowest BCUT2D eigenvalue weighted by molar-refractivity contribution is -0.136. The van der Waals surface area contributed by atoms with Crippen molar-refractivity contribution >= 4 is 35.1 Å². The number of nitrogens with zero attached hydrogens (tertiary/aromatic N) is 1. The number of hydrogen-bond acceptors (Lipinski definition) is 6. The maximum atomic E-state index is 12.4. The highest BCUT2D eigenvalue weighted by Gasteiger charge is 2.34. The molecule has 0 aliphatic carbocycles. The molecule has 0 fully saturated rings. The van der Waals surface area contributed by atoms with E-state index in [1.165, 1.54) is 30.2 Å². The topological polar surface area (TPSA) is 116 Å². The number of aromatic carboxylic acids is 1. The summed E-state index contributed by atoms with van der Waals surface area (Å²) in [6.07, 6.45) is 0. The smallest absolute Gasteiger partial charge is 0.337 e. The Labute approximate surface area is 142 Å². The highest BCUT2D eigenvalue weighted by atomic mass is 35.5. The van der Waals surface area contributed by atoms with Crippen LogP contribution >= 0.6 is 11.6 Å². The third-order valence-corrected chi connectivity index (χ3v) is 3.66. The molecule has 0 spiro atoms. The van der Waals surface area contributed by atoms with Crippen LogP contribution in [0, 0.1) is 0 Å². The number of carboxylic acid groups (broad SMARTS) is 1. The summed E-state index contributed by atoms with van der Waals surface area (Å²) in [5.74, 6) is -2.48. The summed E-state index contributed by atoms with van der Waals surface area (Å²) < 4.78 is 4.66. The van der Waals surface area contributed by atoms with Crippen molar-refractivity contribution in [2.45, 2.75) is 0 Å².